The maximum Gasteiger partial charge on any atom is 0.0692 e. The summed E-state index contributed by atoms with van der Waals surface area (Å²) < 4.78 is 0. The summed E-state index contributed by atoms with van der Waals surface area (Å²) in [6.07, 6.45) is 0. The van der Waals surface area contributed by atoms with Gasteiger partial charge in [0, 0.05) is 9.79 Å². The van der Waals surface area contributed by atoms with E-state index in [0.29, 0.717) is 0 Å². The fourth-order valence-electron chi connectivity index (χ4n) is 2.14. The first-order chi connectivity index (χ1) is 9.38. The van der Waals surface area contributed by atoms with Gasteiger partial charge in [0.25, 0.3) is 0 Å². The van der Waals surface area contributed by atoms with E-state index >= 15 is 0 Å². The van der Waals surface area contributed by atoms with Crippen LogP contribution >= 0.6 is 11.8 Å². The van der Waals surface area contributed by atoms with Crippen molar-refractivity contribution in [3.8, 4) is 0 Å². The molecule has 0 unspecified atom stereocenters. The minimum absolute atomic E-state index is 0.0773. The van der Waals surface area contributed by atoms with Crippen LogP contribution in [0.3, 0.4) is 0 Å². The number of hydrogen-bond acceptors (Lipinski definition) is 2. The van der Waals surface area contributed by atoms with Crippen LogP contribution in [-0.4, -0.2) is 5.11 Å². The predicted molar refractivity (Wildman–Crippen MR) is 80.4 cm³/mol. The number of benzene rings is 3. The summed E-state index contributed by atoms with van der Waals surface area (Å²) in [6, 6.07) is 22.7. The van der Waals surface area contributed by atoms with Gasteiger partial charge in [0.1, 0.15) is 0 Å². The lowest BCUT2D eigenvalue weighted by atomic mass is 10.1. The number of fused-ring (bicyclic) bond motifs is 1. The van der Waals surface area contributed by atoms with Crippen LogP contribution in [0.1, 0.15) is 5.56 Å². The molecule has 0 amide bonds. The Morgan fingerprint density at radius 3 is 2.32 bits per heavy atom. The zero-order chi connectivity index (χ0) is 13.1. The van der Waals surface area contributed by atoms with Gasteiger partial charge < -0.3 is 5.11 Å². The van der Waals surface area contributed by atoms with Crippen molar-refractivity contribution in [3.05, 3.63) is 72.3 Å². The summed E-state index contributed by atoms with van der Waals surface area (Å²) >= 11 is 1.71. The van der Waals surface area contributed by atoms with Crippen molar-refractivity contribution in [1.29, 1.82) is 0 Å². The van der Waals surface area contributed by atoms with Crippen molar-refractivity contribution in [3.63, 3.8) is 0 Å². The molecule has 2 heteroatoms. The third kappa shape index (κ3) is 2.50. The van der Waals surface area contributed by atoms with E-state index in [1.165, 1.54) is 15.7 Å². The zero-order valence-corrected chi connectivity index (χ0v) is 11.2. The molecule has 19 heavy (non-hydrogen) atoms. The summed E-state index contributed by atoms with van der Waals surface area (Å²) in [5.41, 5.74) is 0.973. The first kappa shape index (κ1) is 12.3. The smallest absolute Gasteiger partial charge is 0.0692 e. The molecule has 0 aliphatic rings. The van der Waals surface area contributed by atoms with Crippen molar-refractivity contribution < 1.29 is 5.11 Å². The van der Waals surface area contributed by atoms with E-state index in [9.17, 15) is 5.11 Å². The Morgan fingerprint density at radius 1 is 0.737 bits per heavy atom. The normalized spacial score (nSPS) is 10.8. The molecule has 0 aliphatic carbocycles. The van der Waals surface area contributed by atoms with Gasteiger partial charge in [-0.25, -0.2) is 0 Å². The van der Waals surface area contributed by atoms with Gasteiger partial charge in [-0.2, -0.15) is 0 Å². The Hall–Kier alpha value is -1.77. The van der Waals surface area contributed by atoms with Crippen molar-refractivity contribution in [2.75, 3.05) is 0 Å². The highest BCUT2D eigenvalue weighted by Crippen LogP contribution is 2.35. The molecule has 3 aromatic carbocycles. The second-order valence-corrected chi connectivity index (χ2v) is 5.43. The largest absolute Gasteiger partial charge is 0.392 e. The van der Waals surface area contributed by atoms with Gasteiger partial charge in [-0.05, 0) is 28.5 Å². The average Bonchev–Trinajstić information content (AvgIpc) is 2.48. The Morgan fingerprint density at radius 2 is 1.42 bits per heavy atom. The number of aliphatic hydroxyl groups excluding tert-OH is 1. The Kier molecular flexibility index (Phi) is 3.53. The van der Waals surface area contributed by atoms with Gasteiger partial charge in [-0.15, -0.1) is 0 Å². The summed E-state index contributed by atoms with van der Waals surface area (Å²) in [5.74, 6) is 0. The molecule has 3 aromatic rings. The molecule has 3 rings (SSSR count). The third-order valence-electron chi connectivity index (χ3n) is 3.11. The molecule has 0 spiro atoms. The van der Waals surface area contributed by atoms with Crippen molar-refractivity contribution in [1.82, 2.24) is 0 Å². The van der Waals surface area contributed by atoms with Gasteiger partial charge in [0.15, 0.2) is 0 Å². The summed E-state index contributed by atoms with van der Waals surface area (Å²) in [6.45, 7) is 0.0773. The molecule has 0 saturated heterocycles. The topological polar surface area (TPSA) is 20.2 Å². The quantitative estimate of drug-likeness (QED) is 0.754. The van der Waals surface area contributed by atoms with E-state index in [0.717, 1.165) is 10.5 Å². The van der Waals surface area contributed by atoms with Crippen LogP contribution in [0.2, 0.25) is 0 Å². The number of rotatable bonds is 3. The lowest BCUT2D eigenvalue weighted by Gasteiger charge is -2.09. The molecule has 0 aliphatic heterocycles. The highest BCUT2D eigenvalue weighted by atomic mass is 32.2. The monoisotopic (exact) mass is 266 g/mol. The van der Waals surface area contributed by atoms with Crippen molar-refractivity contribution in [2.24, 2.45) is 0 Å². The van der Waals surface area contributed by atoms with E-state index in [4.69, 9.17) is 0 Å². The van der Waals surface area contributed by atoms with Crippen LogP contribution in [-0.2, 0) is 6.61 Å². The van der Waals surface area contributed by atoms with E-state index in [-0.39, 0.29) is 6.61 Å². The second-order valence-electron chi connectivity index (χ2n) is 4.35. The van der Waals surface area contributed by atoms with Crippen LogP contribution in [0.25, 0.3) is 10.8 Å². The van der Waals surface area contributed by atoms with Gasteiger partial charge in [-0.1, -0.05) is 66.4 Å². The molecule has 0 bridgehead atoms. The average molecular weight is 266 g/mol. The molecular weight excluding hydrogens is 252 g/mol. The molecule has 1 nitrogen and oxygen atoms in total. The Bertz CT molecular complexity index is 701. The predicted octanol–water partition coefficient (Wildman–Crippen LogP) is 4.48. The van der Waals surface area contributed by atoms with Crippen LogP contribution < -0.4 is 0 Å². The minimum Gasteiger partial charge on any atom is -0.392 e. The highest BCUT2D eigenvalue weighted by Gasteiger charge is 2.05. The molecule has 94 valence electrons. The fraction of sp³-hybridized carbons (Fsp3) is 0.0588. The van der Waals surface area contributed by atoms with Crippen LogP contribution in [0.15, 0.2) is 76.5 Å². The Balaban J connectivity index is 2.06. The summed E-state index contributed by atoms with van der Waals surface area (Å²) in [5, 5.41) is 11.9. The van der Waals surface area contributed by atoms with Crippen LogP contribution in [0.4, 0.5) is 0 Å². The molecular formula is C17H14OS. The number of aliphatic hydroxyl groups is 1. The maximum absolute atomic E-state index is 9.40. The first-order valence-corrected chi connectivity index (χ1v) is 7.04. The second kappa shape index (κ2) is 5.47. The maximum atomic E-state index is 9.40. The molecule has 0 radical (unpaired) electrons. The molecule has 0 saturated carbocycles. The molecule has 0 heterocycles. The lowest BCUT2D eigenvalue weighted by Crippen LogP contribution is -1.86. The van der Waals surface area contributed by atoms with Gasteiger partial charge in [0.05, 0.1) is 6.61 Å². The highest BCUT2D eigenvalue weighted by molar-refractivity contribution is 7.99. The van der Waals surface area contributed by atoms with Gasteiger partial charge >= 0.3 is 0 Å². The minimum atomic E-state index is 0.0773. The van der Waals surface area contributed by atoms with E-state index in [2.05, 4.69) is 48.5 Å². The number of hydrogen-bond donors (Lipinski definition) is 1. The van der Waals surface area contributed by atoms with Gasteiger partial charge in [0.2, 0.25) is 0 Å². The summed E-state index contributed by atoms with van der Waals surface area (Å²) in [4.78, 5) is 2.33. The van der Waals surface area contributed by atoms with Gasteiger partial charge in [-0.3, -0.25) is 0 Å². The molecule has 1 N–H and O–H groups in total. The van der Waals surface area contributed by atoms with E-state index in [1.54, 1.807) is 11.8 Å². The molecule has 0 aromatic heterocycles. The zero-order valence-electron chi connectivity index (χ0n) is 10.4. The molecule has 0 fully saturated rings. The van der Waals surface area contributed by atoms with Crippen LogP contribution in [0, 0.1) is 0 Å². The molecule has 0 atom stereocenters. The SMILES string of the molecule is OCc1ccccc1Sc1cccc2ccccc12. The van der Waals surface area contributed by atoms with Crippen LogP contribution in [0.5, 0.6) is 0 Å². The van der Waals surface area contributed by atoms with Crippen molar-refractivity contribution >= 4 is 22.5 Å². The lowest BCUT2D eigenvalue weighted by molar-refractivity contribution is 0.279. The van der Waals surface area contributed by atoms with E-state index < -0.39 is 0 Å². The Labute approximate surface area is 116 Å². The standard InChI is InChI=1S/C17H14OS/c18-12-14-7-2-4-10-16(14)19-17-11-5-8-13-6-1-3-9-15(13)17/h1-11,18H,12H2. The van der Waals surface area contributed by atoms with Crippen molar-refractivity contribution in [2.45, 2.75) is 16.4 Å². The summed E-state index contributed by atoms with van der Waals surface area (Å²) in [7, 11) is 0. The third-order valence-corrected chi connectivity index (χ3v) is 4.31. The fourth-order valence-corrected chi connectivity index (χ4v) is 3.23. The van der Waals surface area contributed by atoms with E-state index in [1.807, 2.05) is 18.2 Å². The first-order valence-electron chi connectivity index (χ1n) is 6.23.